The van der Waals surface area contributed by atoms with Gasteiger partial charge in [0.15, 0.2) is 0 Å². The van der Waals surface area contributed by atoms with Crippen LogP contribution in [0.15, 0.2) is 64.0 Å². The summed E-state index contributed by atoms with van der Waals surface area (Å²) in [6, 6.07) is 13.2. The minimum absolute atomic E-state index is 0.0696. The average Bonchev–Trinajstić information content (AvgIpc) is 2.66. The van der Waals surface area contributed by atoms with E-state index in [2.05, 4.69) is 31.5 Å². The van der Waals surface area contributed by atoms with Gasteiger partial charge in [-0.1, -0.05) is 46.3 Å². The first-order chi connectivity index (χ1) is 13.0. The first-order valence-corrected chi connectivity index (χ1v) is 8.70. The lowest BCUT2D eigenvalue weighted by Gasteiger charge is -2.13. The standard InChI is InChI=1S/C19H14BrF2N3O2/c20-12-6-7-15(14(21)8-12)25-17-13(10-24-19(27)16(17)22)18(26)23-9-11-4-2-1-3-5-11/h1-8,10H,9H2,(H,23,26)(H2,24,25,27). The summed E-state index contributed by atoms with van der Waals surface area (Å²) in [5.41, 5.74) is -0.783. The molecule has 0 aliphatic carbocycles. The summed E-state index contributed by atoms with van der Waals surface area (Å²) in [7, 11) is 0. The smallest absolute Gasteiger partial charge is 0.286 e. The van der Waals surface area contributed by atoms with Crippen molar-refractivity contribution >= 4 is 33.2 Å². The van der Waals surface area contributed by atoms with E-state index in [1.54, 1.807) is 6.07 Å². The first kappa shape index (κ1) is 18.8. The fraction of sp³-hybridized carbons (Fsp3) is 0.0526. The Bertz CT molecular complexity index is 1040. The van der Waals surface area contributed by atoms with Gasteiger partial charge in [-0.25, -0.2) is 4.39 Å². The zero-order chi connectivity index (χ0) is 19.4. The fourth-order valence-electron chi connectivity index (χ4n) is 2.41. The maximum absolute atomic E-state index is 14.4. The van der Waals surface area contributed by atoms with Crippen LogP contribution >= 0.6 is 15.9 Å². The van der Waals surface area contributed by atoms with Crippen LogP contribution in [-0.4, -0.2) is 10.9 Å². The maximum Gasteiger partial charge on any atom is 0.286 e. The molecule has 0 aliphatic heterocycles. The number of H-pyrrole nitrogens is 1. The molecule has 0 aliphatic rings. The Balaban J connectivity index is 1.90. The van der Waals surface area contributed by atoms with Gasteiger partial charge in [0, 0.05) is 17.2 Å². The van der Waals surface area contributed by atoms with Crippen LogP contribution in [0.4, 0.5) is 20.2 Å². The number of pyridine rings is 1. The number of halogens is 3. The van der Waals surface area contributed by atoms with E-state index in [9.17, 15) is 18.4 Å². The molecule has 0 unspecified atom stereocenters. The predicted molar refractivity (Wildman–Crippen MR) is 102 cm³/mol. The highest BCUT2D eigenvalue weighted by atomic mass is 79.9. The minimum atomic E-state index is -1.20. The van der Waals surface area contributed by atoms with Crippen LogP contribution in [0.5, 0.6) is 0 Å². The van der Waals surface area contributed by atoms with Gasteiger partial charge in [-0.3, -0.25) is 9.59 Å². The molecule has 0 atom stereocenters. The van der Waals surface area contributed by atoms with Crippen molar-refractivity contribution in [2.24, 2.45) is 0 Å². The fourth-order valence-corrected chi connectivity index (χ4v) is 2.74. The van der Waals surface area contributed by atoms with Crippen LogP contribution in [0, 0.1) is 11.6 Å². The Morgan fingerprint density at radius 1 is 1.11 bits per heavy atom. The van der Waals surface area contributed by atoms with Crippen molar-refractivity contribution in [1.29, 1.82) is 0 Å². The van der Waals surface area contributed by atoms with Crippen LogP contribution < -0.4 is 16.2 Å². The van der Waals surface area contributed by atoms with Crippen LogP contribution in [-0.2, 0) is 6.54 Å². The molecular weight excluding hydrogens is 420 g/mol. The predicted octanol–water partition coefficient (Wildman–Crippen LogP) is 4.09. The van der Waals surface area contributed by atoms with Gasteiger partial charge < -0.3 is 15.6 Å². The van der Waals surface area contributed by atoms with Gasteiger partial charge in [0.05, 0.1) is 16.9 Å². The highest BCUT2D eigenvalue weighted by Crippen LogP contribution is 2.26. The van der Waals surface area contributed by atoms with Crippen molar-refractivity contribution in [3.8, 4) is 0 Å². The molecule has 1 amide bonds. The molecule has 3 N–H and O–H groups in total. The van der Waals surface area contributed by atoms with Gasteiger partial charge in [0.1, 0.15) is 5.82 Å². The van der Waals surface area contributed by atoms with Crippen LogP contribution in [0.1, 0.15) is 15.9 Å². The number of carbonyl (C=O) groups is 1. The lowest BCUT2D eigenvalue weighted by atomic mass is 10.1. The Morgan fingerprint density at radius 2 is 1.85 bits per heavy atom. The molecule has 1 aromatic heterocycles. The van der Waals surface area contributed by atoms with Crippen molar-refractivity contribution in [3.63, 3.8) is 0 Å². The summed E-state index contributed by atoms with van der Waals surface area (Å²) in [6.07, 6.45) is 1.09. The molecule has 5 nitrogen and oxygen atoms in total. The summed E-state index contributed by atoms with van der Waals surface area (Å²) >= 11 is 3.13. The molecule has 0 spiro atoms. The van der Waals surface area contributed by atoms with E-state index in [1.165, 1.54) is 12.1 Å². The Morgan fingerprint density at radius 3 is 2.56 bits per heavy atom. The van der Waals surface area contributed by atoms with E-state index in [-0.39, 0.29) is 17.8 Å². The second-order valence-corrected chi connectivity index (χ2v) is 6.55. The Labute approximate surface area is 161 Å². The van der Waals surface area contributed by atoms with Crippen LogP contribution in [0.3, 0.4) is 0 Å². The molecule has 3 aromatic rings. The molecule has 8 heteroatoms. The van der Waals surface area contributed by atoms with Crippen molar-refractivity contribution in [1.82, 2.24) is 10.3 Å². The van der Waals surface area contributed by atoms with Gasteiger partial charge in [0.25, 0.3) is 11.5 Å². The molecule has 0 fully saturated rings. The summed E-state index contributed by atoms with van der Waals surface area (Å²) < 4.78 is 28.9. The third-order valence-corrected chi connectivity index (χ3v) is 4.26. The monoisotopic (exact) mass is 433 g/mol. The number of aromatic nitrogens is 1. The number of rotatable bonds is 5. The molecule has 138 valence electrons. The Hall–Kier alpha value is -3.00. The zero-order valence-corrected chi connectivity index (χ0v) is 15.4. The first-order valence-electron chi connectivity index (χ1n) is 7.91. The molecule has 1 heterocycles. The molecule has 0 saturated carbocycles. The van der Waals surface area contributed by atoms with E-state index in [4.69, 9.17) is 0 Å². The van der Waals surface area contributed by atoms with Crippen molar-refractivity contribution < 1.29 is 13.6 Å². The lowest BCUT2D eigenvalue weighted by Crippen LogP contribution is -2.26. The van der Waals surface area contributed by atoms with E-state index in [1.807, 2.05) is 30.3 Å². The third-order valence-electron chi connectivity index (χ3n) is 3.77. The third kappa shape index (κ3) is 4.40. The normalized spacial score (nSPS) is 10.5. The van der Waals surface area contributed by atoms with Crippen molar-refractivity contribution in [2.45, 2.75) is 6.54 Å². The number of hydrogen-bond donors (Lipinski definition) is 3. The summed E-state index contributed by atoms with van der Waals surface area (Å²) in [6.45, 7) is 0.215. The molecular formula is C19H14BrF2N3O2. The number of aromatic amines is 1. The largest absolute Gasteiger partial charge is 0.350 e. The molecule has 0 bridgehead atoms. The van der Waals surface area contributed by atoms with Gasteiger partial charge in [0.2, 0.25) is 5.82 Å². The van der Waals surface area contributed by atoms with Gasteiger partial charge in [-0.2, -0.15) is 4.39 Å². The molecule has 3 rings (SSSR count). The van der Waals surface area contributed by atoms with Gasteiger partial charge >= 0.3 is 0 Å². The number of carbonyl (C=O) groups excluding carboxylic acids is 1. The average molecular weight is 434 g/mol. The highest BCUT2D eigenvalue weighted by Gasteiger charge is 2.19. The minimum Gasteiger partial charge on any atom is -0.350 e. The second kappa shape index (κ2) is 8.13. The topological polar surface area (TPSA) is 74.0 Å². The number of benzene rings is 2. The van der Waals surface area contributed by atoms with Crippen molar-refractivity contribution in [2.75, 3.05) is 5.32 Å². The number of nitrogens with one attached hydrogen (secondary N) is 3. The highest BCUT2D eigenvalue weighted by molar-refractivity contribution is 9.10. The second-order valence-electron chi connectivity index (χ2n) is 5.64. The van der Waals surface area contributed by atoms with Crippen LogP contribution in [0.2, 0.25) is 0 Å². The summed E-state index contributed by atoms with van der Waals surface area (Å²) in [5, 5.41) is 5.15. The number of amides is 1. The molecule has 0 radical (unpaired) electrons. The van der Waals surface area contributed by atoms with Crippen molar-refractivity contribution in [3.05, 3.63) is 92.3 Å². The van der Waals surface area contributed by atoms with E-state index >= 15 is 0 Å². The zero-order valence-electron chi connectivity index (χ0n) is 13.9. The molecule has 0 saturated heterocycles. The summed E-state index contributed by atoms with van der Waals surface area (Å²) in [5.74, 6) is -2.49. The Kier molecular flexibility index (Phi) is 5.66. The maximum atomic E-state index is 14.4. The van der Waals surface area contributed by atoms with Crippen LogP contribution in [0.25, 0.3) is 0 Å². The number of anilines is 2. The quantitative estimate of drug-likeness (QED) is 0.567. The molecule has 27 heavy (non-hydrogen) atoms. The number of hydrogen-bond acceptors (Lipinski definition) is 3. The van der Waals surface area contributed by atoms with Gasteiger partial charge in [-0.15, -0.1) is 0 Å². The molecule has 2 aromatic carbocycles. The summed E-state index contributed by atoms with van der Waals surface area (Å²) in [4.78, 5) is 26.3. The lowest BCUT2D eigenvalue weighted by molar-refractivity contribution is 0.0951. The van der Waals surface area contributed by atoms with E-state index in [0.717, 1.165) is 11.8 Å². The SMILES string of the molecule is O=C(NCc1ccccc1)c1c[nH]c(=O)c(F)c1Nc1ccc(Br)cc1F. The van der Waals surface area contributed by atoms with E-state index in [0.29, 0.717) is 4.47 Å². The van der Waals surface area contributed by atoms with Gasteiger partial charge in [-0.05, 0) is 23.8 Å². The van der Waals surface area contributed by atoms with E-state index < -0.39 is 28.8 Å².